The van der Waals surface area contributed by atoms with Crippen molar-refractivity contribution < 1.29 is 14.0 Å². The average Bonchev–Trinajstić information content (AvgIpc) is 2.20. The summed E-state index contributed by atoms with van der Waals surface area (Å²) in [5, 5.41) is 0.0628. The van der Waals surface area contributed by atoms with Gasteiger partial charge in [0.05, 0.1) is 11.4 Å². The van der Waals surface area contributed by atoms with Gasteiger partial charge in [0.15, 0.2) is 0 Å². The minimum atomic E-state index is -3.89. The van der Waals surface area contributed by atoms with Gasteiger partial charge in [0.1, 0.15) is 0 Å². The van der Waals surface area contributed by atoms with Crippen molar-refractivity contribution in [3.63, 3.8) is 0 Å². The zero-order valence-electron chi connectivity index (χ0n) is 9.38. The number of hydrogen-bond donors (Lipinski definition) is 3. The Kier molecular flexibility index (Phi) is 3.97. The summed E-state index contributed by atoms with van der Waals surface area (Å²) in [6.07, 6.45) is 0.337. The standard InChI is InChI=1S/C10H17N2O3P/c1-3-7(2)15-16(13,14)10-6-8(11)4-5-9(10)12/h4-7H,3,11-12H2,1-2H3,(H,13,14). The maximum absolute atomic E-state index is 12.0. The SMILES string of the molecule is CCC(C)OP(=O)(O)c1cc(N)ccc1N. The molecule has 0 saturated heterocycles. The number of benzene rings is 1. The van der Waals surface area contributed by atoms with Gasteiger partial charge in [-0.3, -0.25) is 4.57 Å². The van der Waals surface area contributed by atoms with Crippen LogP contribution in [0.25, 0.3) is 0 Å². The van der Waals surface area contributed by atoms with Gasteiger partial charge in [-0.15, -0.1) is 0 Å². The molecule has 90 valence electrons. The molecule has 0 spiro atoms. The van der Waals surface area contributed by atoms with Crippen LogP contribution in [0.2, 0.25) is 0 Å². The van der Waals surface area contributed by atoms with Gasteiger partial charge in [-0.05, 0) is 31.5 Å². The van der Waals surface area contributed by atoms with Crippen molar-refractivity contribution in [1.29, 1.82) is 0 Å². The van der Waals surface area contributed by atoms with Gasteiger partial charge in [0.25, 0.3) is 0 Å². The van der Waals surface area contributed by atoms with Crippen molar-refractivity contribution in [2.75, 3.05) is 11.5 Å². The first-order valence-electron chi connectivity index (χ1n) is 5.03. The summed E-state index contributed by atoms with van der Waals surface area (Å²) in [4.78, 5) is 9.79. The molecule has 0 heterocycles. The van der Waals surface area contributed by atoms with Crippen molar-refractivity contribution in [1.82, 2.24) is 0 Å². The lowest BCUT2D eigenvalue weighted by molar-refractivity contribution is 0.192. The maximum atomic E-state index is 12.0. The second-order valence-electron chi connectivity index (χ2n) is 3.66. The van der Waals surface area contributed by atoms with Crippen LogP contribution >= 0.6 is 7.60 Å². The molecule has 5 N–H and O–H groups in total. The Morgan fingerprint density at radius 1 is 1.50 bits per heavy atom. The molecule has 2 unspecified atom stereocenters. The molecule has 0 radical (unpaired) electrons. The molecule has 0 aliphatic rings. The van der Waals surface area contributed by atoms with Crippen molar-refractivity contribution in [2.24, 2.45) is 0 Å². The van der Waals surface area contributed by atoms with E-state index in [9.17, 15) is 9.46 Å². The summed E-state index contributed by atoms with van der Waals surface area (Å²) in [5.41, 5.74) is 11.8. The maximum Gasteiger partial charge on any atom is 0.361 e. The highest BCUT2D eigenvalue weighted by Crippen LogP contribution is 2.44. The van der Waals surface area contributed by atoms with Gasteiger partial charge < -0.3 is 20.9 Å². The van der Waals surface area contributed by atoms with Crippen molar-refractivity contribution in [3.8, 4) is 0 Å². The first-order valence-corrected chi connectivity index (χ1v) is 6.61. The van der Waals surface area contributed by atoms with Crippen LogP contribution in [0, 0.1) is 0 Å². The highest BCUT2D eigenvalue weighted by Gasteiger charge is 2.27. The molecule has 1 rings (SSSR count). The molecular formula is C10H17N2O3P. The second-order valence-corrected chi connectivity index (χ2v) is 5.40. The van der Waals surface area contributed by atoms with Gasteiger partial charge in [-0.1, -0.05) is 6.92 Å². The fourth-order valence-electron chi connectivity index (χ4n) is 1.18. The fourth-order valence-corrected chi connectivity index (χ4v) is 2.64. The van der Waals surface area contributed by atoms with E-state index in [0.29, 0.717) is 12.1 Å². The molecule has 0 bridgehead atoms. The van der Waals surface area contributed by atoms with Crippen molar-refractivity contribution >= 4 is 24.3 Å². The number of nitrogens with two attached hydrogens (primary N) is 2. The van der Waals surface area contributed by atoms with Crippen molar-refractivity contribution in [2.45, 2.75) is 26.4 Å². The molecule has 2 atom stereocenters. The van der Waals surface area contributed by atoms with E-state index in [0.717, 1.165) is 0 Å². The molecule has 16 heavy (non-hydrogen) atoms. The summed E-state index contributed by atoms with van der Waals surface area (Å²) in [7, 11) is -3.89. The third kappa shape index (κ3) is 2.98. The van der Waals surface area contributed by atoms with Gasteiger partial charge in [-0.25, -0.2) is 0 Å². The van der Waals surface area contributed by atoms with E-state index in [2.05, 4.69) is 0 Å². The Morgan fingerprint density at radius 3 is 2.69 bits per heavy atom. The number of rotatable bonds is 4. The second kappa shape index (κ2) is 4.87. The van der Waals surface area contributed by atoms with E-state index in [-0.39, 0.29) is 17.1 Å². The lowest BCUT2D eigenvalue weighted by Gasteiger charge is -2.18. The van der Waals surface area contributed by atoms with Crippen LogP contribution in [0.15, 0.2) is 18.2 Å². The minimum absolute atomic E-state index is 0.0628. The Morgan fingerprint density at radius 2 is 2.12 bits per heavy atom. The zero-order valence-corrected chi connectivity index (χ0v) is 10.3. The van der Waals surface area contributed by atoms with E-state index in [1.165, 1.54) is 12.1 Å². The Hall–Kier alpha value is -1.03. The molecular weight excluding hydrogens is 227 g/mol. The minimum Gasteiger partial charge on any atom is -0.399 e. The summed E-state index contributed by atoms with van der Waals surface area (Å²) in [5.74, 6) is 0. The molecule has 0 amide bonds. The highest BCUT2D eigenvalue weighted by atomic mass is 31.2. The third-order valence-electron chi connectivity index (χ3n) is 2.26. The van der Waals surface area contributed by atoms with E-state index in [1.807, 2.05) is 6.92 Å². The summed E-state index contributed by atoms with van der Waals surface area (Å²) in [6, 6.07) is 4.44. The third-order valence-corrected chi connectivity index (χ3v) is 3.90. The quantitative estimate of drug-likeness (QED) is 0.550. The van der Waals surface area contributed by atoms with E-state index in [4.69, 9.17) is 16.0 Å². The van der Waals surface area contributed by atoms with Crippen LogP contribution in [0.4, 0.5) is 11.4 Å². The Balaban J connectivity index is 3.06. The van der Waals surface area contributed by atoms with Crippen LogP contribution in [0.1, 0.15) is 20.3 Å². The Labute approximate surface area is 94.9 Å². The summed E-state index contributed by atoms with van der Waals surface area (Å²) in [6.45, 7) is 3.60. The van der Waals surface area contributed by atoms with E-state index >= 15 is 0 Å². The molecule has 0 aliphatic heterocycles. The van der Waals surface area contributed by atoms with E-state index < -0.39 is 7.60 Å². The van der Waals surface area contributed by atoms with Gasteiger partial charge in [0.2, 0.25) is 0 Å². The zero-order chi connectivity index (χ0) is 12.3. The van der Waals surface area contributed by atoms with Crippen LogP contribution in [0.5, 0.6) is 0 Å². The van der Waals surface area contributed by atoms with Gasteiger partial charge in [-0.2, -0.15) is 0 Å². The fraction of sp³-hybridized carbons (Fsp3) is 0.400. The molecule has 1 aromatic carbocycles. The number of nitrogen functional groups attached to an aromatic ring is 2. The van der Waals surface area contributed by atoms with Crippen LogP contribution in [-0.2, 0) is 9.09 Å². The van der Waals surface area contributed by atoms with Crippen molar-refractivity contribution in [3.05, 3.63) is 18.2 Å². The predicted molar refractivity (Wildman–Crippen MR) is 65.6 cm³/mol. The molecule has 0 aromatic heterocycles. The smallest absolute Gasteiger partial charge is 0.361 e. The normalized spacial score (nSPS) is 16.7. The predicted octanol–water partition coefficient (Wildman–Crippen LogP) is 1.48. The topological polar surface area (TPSA) is 98.6 Å². The number of anilines is 2. The summed E-state index contributed by atoms with van der Waals surface area (Å²) >= 11 is 0. The Bertz CT molecular complexity index is 423. The first-order chi connectivity index (χ1) is 7.36. The lowest BCUT2D eigenvalue weighted by Crippen LogP contribution is -2.16. The average molecular weight is 244 g/mol. The molecule has 5 nitrogen and oxygen atoms in total. The van der Waals surface area contributed by atoms with E-state index in [1.54, 1.807) is 13.0 Å². The lowest BCUT2D eigenvalue weighted by atomic mass is 10.3. The largest absolute Gasteiger partial charge is 0.399 e. The molecule has 0 aliphatic carbocycles. The number of hydrogen-bond acceptors (Lipinski definition) is 4. The van der Waals surface area contributed by atoms with Crippen LogP contribution < -0.4 is 16.8 Å². The van der Waals surface area contributed by atoms with Crippen LogP contribution in [0.3, 0.4) is 0 Å². The van der Waals surface area contributed by atoms with Gasteiger partial charge in [0, 0.05) is 11.4 Å². The molecule has 1 aromatic rings. The molecule has 0 fully saturated rings. The first kappa shape index (κ1) is 13.0. The monoisotopic (exact) mass is 244 g/mol. The highest BCUT2D eigenvalue weighted by molar-refractivity contribution is 7.61. The summed E-state index contributed by atoms with van der Waals surface area (Å²) < 4.78 is 17.0. The van der Waals surface area contributed by atoms with Gasteiger partial charge >= 0.3 is 7.60 Å². The van der Waals surface area contributed by atoms with Crippen LogP contribution in [-0.4, -0.2) is 11.0 Å². The molecule has 0 saturated carbocycles. The molecule has 6 heteroatoms.